The molecule has 1 aromatic heterocycles. The molecule has 2 aliphatic heterocycles. The second-order valence-electron chi connectivity index (χ2n) is 7.91. The molecule has 7 nitrogen and oxygen atoms in total. The van der Waals surface area contributed by atoms with Crippen LogP contribution in [0.3, 0.4) is 0 Å². The van der Waals surface area contributed by atoms with Crippen LogP contribution in [-0.2, 0) is 20.7 Å². The third kappa shape index (κ3) is 5.29. The molecule has 0 aliphatic carbocycles. The van der Waals surface area contributed by atoms with Crippen LogP contribution >= 0.6 is 0 Å². The molecule has 0 spiro atoms. The van der Waals surface area contributed by atoms with Crippen LogP contribution in [0.4, 0.5) is 0 Å². The van der Waals surface area contributed by atoms with Gasteiger partial charge in [-0.15, -0.1) is 0 Å². The van der Waals surface area contributed by atoms with Crippen molar-refractivity contribution in [3.63, 3.8) is 0 Å². The molecule has 4 rings (SSSR count). The van der Waals surface area contributed by atoms with Crippen LogP contribution in [0.15, 0.2) is 42.5 Å². The van der Waals surface area contributed by atoms with E-state index in [-0.39, 0.29) is 11.8 Å². The lowest BCUT2D eigenvalue weighted by molar-refractivity contribution is -0.140. The van der Waals surface area contributed by atoms with Gasteiger partial charge >= 0.3 is 0 Å². The normalized spacial score (nSPS) is 17.9. The average molecular weight is 411 g/mol. The minimum atomic E-state index is 0.156. The van der Waals surface area contributed by atoms with Crippen molar-refractivity contribution in [2.75, 3.05) is 59.0 Å². The summed E-state index contributed by atoms with van der Waals surface area (Å²) < 4.78 is 5.33. The van der Waals surface area contributed by atoms with Crippen LogP contribution < -0.4 is 0 Å². The molecule has 0 saturated carbocycles. The summed E-state index contributed by atoms with van der Waals surface area (Å²) in [4.78, 5) is 34.5. The Morgan fingerprint density at radius 3 is 2.20 bits per heavy atom. The van der Waals surface area contributed by atoms with E-state index in [1.54, 1.807) is 0 Å². The van der Waals surface area contributed by atoms with Crippen LogP contribution in [0, 0.1) is 0 Å². The number of piperazine rings is 1. The van der Waals surface area contributed by atoms with Crippen molar-refractivity contribution >= 4 is 11.8 Å². The summed E-state index contributed by atoms with van der Waals surface area (Å²) in [6.45, 7) is 5.96. The highest BCUT2D eigenvalue weighted by Crippen LogP contribution is 2.19. The number of aromatic amines is 1. The van der Waals surface area contributed by atoms with E-state index in [1.807, 2.05) is 28.0 Å². The van der Waals surface area contributed by atoms with Gasteiger partial charge < -0.3 is 19.5 Å². The number of nitrogens with zero attached hydrogens (tertiary/aromatic N) is 3. The largest absolute Gasteiger partial charge is 0.379 e. The lowest BCUT2D eigenvalue weighted by atomic mass is 10.2. The summed E-state index contributed by atoms with van der Waals surface area (Å²) in [6, 6.07) is 14.3. The fourth-order valence-electron chi connectivity index (χ4n) is 4.03. The molecule has 2 fully saturated rings. The van der Waals surface area contributed by atoms with Gasteiger partial charge in [-0.05, 0) is 24.1 Å². The van der Waals surface area contributed by atoms with Crippen molar-refractivity contribution in [2.45, 2.75) is 12.8 Å². The Kier molecular flexibility index (Phi) is 6.81. The van der Waals surface area contributed by atoms with Crippen molar-refractivity contribution in [1.29, 1.82) is 0 Å². The molecule has 0 unspecified atom stereocenters. The Bertz CT molecular complexity index is 837. The lowest BCUT2D eigenvalue weighted by Crippen LogP contribution is -2.53. The SMILES string of the molecule is O=C(CCc1ccc(-c2ccccc2)[nH]1)N1CCN(C(=O)CN2CCOCC2)CC1. The van der Waals surface area contributed by atoms with Gasteiger partial charge in [0.05, 0.1) is 19.8 Å². The number of hydrogen-bond acceptors (Lipinski definition) is 4. The highest BCUT2D eigenvalue weighted by atomic mass is 16.5. The van der Waals surface area contributed by atoms with Gasteiger partial charge in [0.1, 0.15) is 0 Å². The Morgan fingerprint density at radius 1 is 0.833 bits per heavy atom. The number of hydrogen-bond donors (Lipinski definition) is 1. The summed E-state index contributed by atoms with van der Waals surface area (Å²) in [6.07, 6.45) is 1.18. The molecule has 2 saturated heterocycles. The quantitative estimate of drug-likeness (QED) is 0.786. The first-order valence-corrected chi connectivity index (χ1v) is 10.8. The molecule has 2 aliphatic rings. The predicted molar refractivity (Wildman–Crippen MR) is 115 cm³/mol. The lowest BCUT2D eigenvalue weighted by Gasteiger charge is -2.36. The van der Waals surface area contributed by atoms with Crippen molar-refractivity contribution < 1.29 is 14.3 Å². The van der Waals surface area contributed by atoms with Crippen molar-refractivity contribution in [3.8, 4) is 11.3 Å². The predicted octanol–water partition coefficient (Wildman–Crippen LogP) is 1.62. The van der Waals surface area contributed by atoms with Crippen LogP contribution in [0.5, 0.6) is 0 Å². The van der Waals surface area contributed by atoms with Crippen LogP contribution in [0.25, 0.3) is 11.3 Å². The van der Waals surface area contributed by atoms with Crippen LogP contribution in [0.2, 0.25) is 0 Å². The highest BCUT2D eigenvalue weighted by Gasteiger charge is 2.25. The van der Waals surface area contributed by atoms with E-state index < -0.39 is 0 Å². The third-order valence-electron chi connectivity index (χ3n) is 5.89. The summed E-state index contributed by atoms with van der Waals surface area (Å²) in [5, 5.41) is 0. The maximum atomic E-state index is 12.6. The fourth-order valence-corrected chi connectivity index (χ4v) is 4.03. The molecule has 160 valence electrons. The Labute approximate surface area is 177 Å². The standard InChI is InChI=1S/C23H30N4O3/c28-22(9-7-20-6-8-21(24-20)19-4-2-1-3-5-19)26-10-12-27(13-11-26)23(29)18-25-14-16-30-17-15-25/h1-6,8,24H,7,9-18H2. The zero-order chi connectivity index (χ0) is 20.8. The number of amides is 2. The highest BCUT2D eigenvalue weighted by molar-refractivity contribution is 5.80. The second kappa shape index (κ2) is 9.91. The summed E-state index contributed by atoms with van der Waals surface area (Å²) in [5.74, 6) is 0.315. The zero-order valence-electron chi connectivity index (χ0n) is 17.4. The van der Waals surface area contributed by atoms with E-state index in [0.29, 0.717) is 58.8 Å². The Balaban J connectivity index is 1.20. The molecule has 7 heteroatoms. The molecule has 1 aromatic carbocycles. The fraction of sp³-hybridized carbons (Fsp3) is 0.478. The van der Waals surface area contributed by atoms with E-state index in [9.17, 15) is 9.59 Å². The van der Waals surface area contributed by atoms with E-state index in [2.05, 4.69) is 34.1 Å². The van der Waals surface area contributed by atoms with Crippen molar-refractivity contribution in [3.05, 3.63) is 48.2 Å². The first-order valence-electron chi connectivity index (χ1n) is 10.8. The maximum absolute atomic E-state index is 12.6. The molecular formula is C23H30N4O3. The minimum Gasteiger partial charge on any atom is -0.379 e. The van der Waals surface area contributed by atoms with Gasteiger partial charge in [0.15, 0.2) is 0 Å². The maximum Gasteiger partial charge on any atom is 0.236 e. The molecule has 2 amide bonds. The number of aryl methyl sites for hydroxylation is 1. The summed E-state index contributed by atoms with van der Waals surface area (Å²) in [7, 11) is 0. The van der Waals surface area contributed by atoms with Gasteiger partial charge in [-0.1, -0.05) is 30.3 Å². The zero-order valence-corrected chi connectivity index (χ0v) is 17.4. The number of nitrogens with one attached hydrogen (secondary N) is 1. The van der Waals surface area contributed by atoms with E-state index in [1.165, 1.54) is 0 Å². The van der Waals surface area contributed by atoms with Gasteiger partial charge in [-0.2, -0.15) is 0 Å². The summed E-state index contributed by atoms with van der Waals surface area (Å²) in [5.41, 5.74) is 3.29. The van der Waals surface area contributed by atoms with Gasteiger partial charge in [0, 0.05) is 57.1 Å². The molecule has 0 bridgehead atoms. The number of ether oxygens (including phenoxy) is 1. The van der Waals surface area contributed by atoms with Gasteiger partial charge in [0.2, 0.25) is 11.8 Å². The second-order valence-corrected chi connectivity index (χ2v) is 7.91. The third-order valence-corrected chi connectivity index (χ3v) is 5.89. The van der Waals surface area contributed by atoms with Crippen LogP contribution in [-0.4, -0.2) is 90.5 Å². The first-order chi connectivity index (χ1) is 14.7. The number of rotatable bonds is 6. The first kappa shape index (κ1) is 20.6. The van der Waals surface area contributed by atoms with E-state index in [0.717, 1.165) is 30.0 Å². The van der Waals surface area contributed by atoms with Gasteiger partial charge in [-0.25, -0.2) is 0 Å². The van der Waals surface area contributed by atoms with Gasteiger partial charge in [-0.3, -0.25) is 14.5 Å². The number of carbonyl (C=O) groups is 2. The number of aromatic nitrogens is 1. The summed E-state index contributed by atoms with van der Waals surface area (Å²) >= 11 is 0. The number of H-pyrrole nitrogens is 1. The minimum absolute atomic E-state index is 0.156. The molecule has 0 radical (unpaired) electrons. The molecule has 1 N–H and O–H groups in total. The number of carbonyl (C=O) groups excluding carboxylic acids is 2. The van der Waals surface area contributed by atoms with Crippen molar-refractivity contribution in [1.82, 2.24) is 19.7 Å². The van der Waals surface area contributed by atoms with Gasteiger partial charge in [0.25, 0.3) is 0 Å². The number of morpholine rings is 1. The van der Waals surface area contributed by atoms with Crippen molar-refractivity contribution in [2.24, 2.45) is 0 Å². The molecule has 30 heavy (non-hydrogen) atoms. The Hall–Kier alpha value is -2.64. The molecule has 0 atom stereocenters. The van der Waals surface area contributed by atoms with Crippen LogP contribution in [0.1, 0.15) is 12.1 Å². The number of benzene rings is 1. The Morgan fingerprint density at radius 2 is 1.50 bits per heavy atom. The smallest absolute Gasteiger partial charge is 0.236 e. The molecular weight excluding hydrogens is 380 g/mol. The topological polar surface area (TPSA) is 68.9 Å². The molecule has 2 aromatic rings. The van der Waals surface area contributed by atoms with E-state index in [4.69, 9.17) is 4.74 Å². The average Bonchev–Trinajstić information content (AvgIpc) is 3.28. The van der Waals surface area contributed by atoms with E-state index >= 15 is 0 Å². The molecule has 3 heterocycles. The monoisotopic (exact) mass is 410 g/mol.